The summed E-state index contributed by atoms with van der Waals surface area (Å²) in [5.41, 5.74) is -0.883. The molecule has 1 fully saturated rings. The number of amides is 1. The Bertz CT molecular complexity index is 698. The first-order valence-corrected chi connectivity index (χ1v) is 9.66. The molecule has 1 amide bonds. The van der Waals surface area contributed by atoms with Gasteiger partial charge in [0.15, 0.2) is 0 Å². The van der Waals surface area contributed by atoms with Crippen molar-refractivity contribution in [3.8, 4) is 0 Å². The van der Waals surface area contributed by atoms with Gasteiger partial charge in [-0.15, -0.1) is 0 Å². The van der Waals surface area contributed by atoms with E-state index in [1.54, 1.807) is 52.9 Å². The monoisotopic (exact) mass is 527 g/mol. The number of benzene rings is 1. The van der Waals surface area contributed by atoms with Crippen LogP contribution in [0.15, 0.2) is 30.3 Å². The minimum absolute atomic E-state index is 0.0485. The molecule has 2 atom stereocenters. The molecule has 0 N–H and O–H groups in total. The lowest BCUT2D eigenvalue weighted by Crippen LogP contribution is -2.53. The van der Waals surface area contributed by atoms with Crippen molar-refractivity contribution in [3.05, 3.63) is 35.9 Å². The minimum atomic E-state index is -6.40. The first-order valence-electron chi connectivity index (χ1n) is 8.13. The van der Waals surface area contributed by atoms with Crippen LogP contribution >= 0.6 is 22.6 Å². The Labute approximate surface area is 170 Å². The fraction of sp³-hybridized carbons (Fsp3) is 0.588. The van der Waals surface area contributed by atoms with E-state index in [-0.39, 0.29) is 11.0 Å². The van der Waals surface area contributed by atoms with Gasteiger partial charge in [-0.05, 0) is 18.4 Å². The lowest BCUT2D eigenvalue weighted by atomic mass is 9.77. The molecule has 11 heteroatoms. The molecule has 2 rings (SSSR count). The van der Waals surface area contributed by atoms with Crippen molar-refractivity contribution in [2.45, 2.75) is 38.0 Å². The van der Waals surface area contributed by atoms with E-state index in [0.29, 0.717) is 5.56 Å². The summed E-state index contributed by atoms with van der Waals surface area (Å²) >= 11 is 1.72. The molecule has 158 valence electrons. The van der Waals surface area contributed by atoms with Crippen molar-refractivity contribution < 1.29 is 40.4 Å². The number of hydroxylamine groups is 2. The first-order chi connectivity index (χ1) is 12.8. The average Bonchev–Trinajstić information content (AvgIpc) is 2.84. The second-order valence-corrected chi connectivity index (χ2v) is 7.62. The molecule has 0 spiro atoms. The molecule has 1 aromatic carbocycles. The third-order valence-electron chi connectivity index (χ3n) is 4.83. The second kappa shape index (κ2) is 7.96. The van der Waals surface area contributed by atoms with Crippen LogP contribution in [0.3, 0.4) is 0 Å². The number of nitrogens with zero attached hydrogens (tertiary/aromatic N) is 1. The van der Waals surface area contributed by atoms with Gasteiger partial charge in [0.1, 0.15) is 6.61 Å². The van der Waals surface area contributed by atoms with Crippen molar-refractivity contribution in [1.82, 2.24) is 5.06 Å². The molecule has 0 radical (unpaired) electrons. The van der Waals surface area contributed by atoms with Crippen LogP contribution in [-0.2, 0) is 16.2 Å². The van der Waals surface area contributed by atoms with E-state index in [9.17, 15) is 35.5 Å². The van der Waals surface area contributed by atoms with Gasteiger partial charge >= 0.3 is 18.0 Å². The van der Waals surface area contributed by atoms with Gasteiger partial charge in [0.05, 0.1) is 12.0 Å². The van der Waals surface area contributed by atoms with Gasteiger partial charge in [0.2, 0.25) is 0 Å². The van der Waals surface area contributed by atoms with Crippen LogP contribution in [0.1, 0.15) is 18.9 Å². The number of hydrogen-bond acceptors (Lipinski definition) is 2. The Morgan fingerprint density at radius 2 is 1.71 bits per heavy atom. The van der Waals surface area contributed by atoms with Crippen molar-refractivity contribution in [3.63, 3.8) is 0 Å². The van der Waals surface area contributed by atoms with Crippen LogP contribution in [-0.4, -0.2) is 40.0 Å². The highest BCUT2D eigenvalue weighted by atomic mass is 127. The van der Waals surface area contributed by atoms with E-state index in [1.807, 2.05) is 0 Å². The third-order valence-corrected chi connectivity index (χ3v) is 6.41. The zero-order valence-electron chi connectivity index (χ0n) is 14.6. The molecule has 0 unspecified atom stereocenters. The Kier molecular flexibility index (Phi) is 6.59. The van der Waals surface area contributed by atoms with Gasteiger partial charge in [0, 0.05) is 10.8 Å². The van der Waals surface area contributed by atoms with Crippen LogP contribution in [0.2, 0.25) is 0 Å². The third kappa shape index (κ3) is 4.24. The van der Waals surface area contributed by atoms with Crippen LogP contribution in [0.4, 0.5) is 30.7 Å². The number of rotatable bonds is 7. The molecule has 0 saturated carbocycles. The zero-order chi connectivity index (χ0) is 21.4. The summed E-state index contributed by atoms with van der Waals surface area (Å²) < 4.78 is 91.5. The Morgan fingerprint density at radius 3 is 2.21 bits per heavy atom. The van der Waals surface area contributed by atoms with Gasteiger partial charge in [-0.3, -0.25) is 9.63 Å². The number of carbonyl (C=O) groups is 1. The topological polar surface area (TPSA) is 29.5 Å². The van der Waals surface area contributed by atoms with Crippen LogP contribution in [0, 0.1) is 11.3 Å². The highest BCUT2D eigenvalue weighted by Gasteiger charge is 2.73. The maximum atomic E-state index is 13.9. The van der Waals surface area contributed by atoms with Crippen molar-refractivity contribution in [2.75, 3.05) is 11.0 Å². The molecule has 1 aliphatic rings. The van der Waals surface area contributed by atoms with Gasteiger partial charge in [0.25, 0.3) is 5.91 Å². The summed E-state index contributed by atoms with van der Waals surface area (Å²) in [7, 11) is 0. The molecule has 3 nitrogen and oxygen atoms in total. The molecular weight excluding hydrogens is 510 g/mol. The summed E-state index contributed by atoms with van der Waals surface area (Å²) in [6.07, 6.45) is -8.20. The van der Waals surface area contributed by atoms with Gasteiger partial charge in [-0.25, -0.2) is 5.06 Å². The summed E-state index contributed by atoms with van der Waals surface area (Å²) in [6.45, 7) is 0.681. The number of carbonyl (C=O) groups excluding carboxylic acids is 1. The molecule has 0 aromatic heterocycles. The summed E-state index contributed by atoms with van der Waals surface area (Å²) in [5.74, 6) is -13.7. The molecule has 1 aromatic rings. The predicted octanol–water partition coefficient (Wildman–Crippen LogP) is 5.24. The smallest absolute Gasteiger partial charge is 0.272 e. The standard InChI is InChI=1S/C17H17F7INO2/c1-14(10-25)12(7-15(18,19)16(20,21)17(22,23)24)8-26(13(14)27)28-9-11-5-3-2-4-6-11/h2-6,12H,7-10H2,1H3/t12-,14-/m0/s1. The van der Waals surface area contributed by atoms with E-state index in [1.165, 1.54) is 6.92 Å². The Balaban J connectivity index is 2.18. The molecule has 28 heavy (non-hydrogen) atoms. The van der Waals surface area contributed by atoms with Gasteiger partial charge in [-0.2, -0.15) is 30.7 Å². The molecule has 1 aliphatic heterocycles. The number of halogens is 8. The van der Waals surface area contributed by atoms with Crippen LogP contribution in [0.5, 0.6) is 0 Å². The number of hydrogen-bond donors (Lipinski definition) is 0. The van der Waals surface area contributed by atoms with Crippen molar-refractivity contribution in [2.24, 2.45) is 11.3 Å². The SMILES string of the molecule is C[C@@]1(CI)C(=O)N(OCc2ccccc2)C[C@@H]1CC(F)(F)C(F)(F)C(F)(F)F. The van der Waals surface area contributed by atoms with Crippen molar-refractivity contribution in [1.29, 1.82) is 0 Å². The molecule has 0 aliphatic carbocycles. The summed E-state index contributed by atoms with van der Waals surface area (Å²) in [4.78, 5) is 17.9. The zero-order valence-corrected chi connectivity index (χ0v) is 16.7. The van der Waals surface area contributed by atoms with E-state index in [0.717, 1.165) is 5.06 Å². The second-order valence-electron chi connectivity index (χ2n) is 6.85. The summed E-state index contributed by atoms with van der Waals surface area (Å²) in [6, 6.07) is 8.54. The van der Waals surface area contributed by atoms with Gasteiger partial charge in [-0.1, -0.05) is 52.9 Å². The van der Waals surface area contributed by atoms with E-state index in [4.69, 9.17) is 4.84 Å². The van der Waals surface area contributed by atoms with Gasteiger partial charge < -0.3 is 0 Å². The molecule has 0 bridgehead atoms. The average molecular weight is 527 g/mol. The molecular formula is C17H17F7INO2. The maximum Gasteiger partial charge on any atom is 0.459 e. The van der Waals surface area contributed by atoms with E-state index < -0.39 is 48.2 Å². The Hall–Kier alpha value is -1.11. The highest BCUT2D eigenvalue weighted by Crippen LogP contribution is 2.52. The van der Waals surface area contributed by atoms with Crippen molar-refractivity contribution >= 4 is 28.5 Å². The van der Waals surface area contributed by atoms with E-state index >= 15 is 0 Å². The van der Waals surface area contributed by atoms with Crippen LogP contribution in [0.25, 0.3) is 0 Å². The lowest BCUT2D eigenvalue weighted by Gasteiger charge is -2.33. The maximum absolute atomic E-state index is 13.9. The predicted molar refractivity (Wildman–Crippen MR) is 94.0 cm³/mol. The minimum Gasteiger partial charge on any atom is -0.272 e. The quantitative estimate of drug-likeness (QED) is 0.276. The fourth-order valence-electron chi connectivity index (χ4n) is 2.88. The Morgan fingerprint density at radius 1 is 1.14 bits per heavy atom. The largest absolute Gasteiger partial charge is 0.459 e. The number of alkyl halides is 8. The lowest BCUT2D eigenvalue weighted by molar-refractivity contribution is -0.358. The first kappa shape index (κ1) is 23.2. The fourth-order valence-corrected chi connectivity index (χ4v) is 3.83. The molecule has 1 saturated heterocycles. The highest BCUT2D eigenvalue weighted by molar-refractivity contribution is 14.1. The summed E-state index contributed by atoms with van der Waals surface area (Å²) in [5, 5.41) is 0.776. The normalized spacial score (nSPS) is 24.1. The van der Waals surface area contributed by atoms with Crippen LogP contribution < -0.4 is 0 Å². The van der Waals surface area contributed by atoms with E-state index in [2.05, 4.69) is 0 Å². The molecule has 1 heterocycles.